The van der Waals surface area contributed by atoms with Gasteiger partial charge >= 0.3 is 6.09 Å². The molecule has 0 fully saturated rings. The van der Waals surface area contributed by atoms with Crippen LogP contribution >= 0.6 is 0 Å². The number of carbonyl (C=O) groups excluding carboxylic acids is 1. The van der Waals surface area contributed by atoms with Gasteiger partial charge in [0.1, 0.15) is 12.4 Å². The molecule has 33 heavy (non-hydrogen) atoms. The SMILES string of the molecule is O=C(OCC1c2ccccc2-c2ccccc21)N1C2C=CC=CC1C(c1ccc(F)cc1)=C2. The first-order chi connectivity index (χ1) is 16.2. The van der Waals surface area contributed by atoms with Crippen LogP contribution in [-0.4, -0.2) is 29.7 Å². The fourth-order valence-corrected chi connectivity index (χ4v) is 5.20. The predicted octanol–water partition coefficient (Wildman–Crippen LogP) is 6.34. The molecule has 3 nitrogen and oxygen atoms in total. The number of hydrogen-bond acceptors (Lipinski definition) is 2. The zero-order chi connectivity index (χ0) is 22.4. The number of allylic oxidation sites excluding steroid dienone is 2. The van der Waals surface area contributed by atoms with E-state index in [2.05, 4.69) is 30.3 Å². The fourth-order valence-electron chi connectivity index (χ4n) is 5.20. The van der Waals surface area contributed by atoms with E-state index in [1.54, 1.807) is 17.0 Å². The summed E-state index contributed by atoms with van der Waals surface area (Å²) in [5, 5.41) is 0. The van der Waals surface area contributed by atoms with Crippen LogP contribution in [0.1, 0.15) is 22.6 Å². The molecule has 3 aromatic rings. The second-order valence-electron chi connectivity index (χ2n) is 8.55. The molecule has 0 spiro atoms. The van der Waals surface area contributed by atoms with Gasteiger partial charge in [-0.1, -0.05) is 91.0 Å². The zero-order valence-electron chi connectivity index (χ0n) is 17.9. The van der Waals surface area contributed by atoms with E-state index in [1.165, 1.54) is 34.4 Å². The summed E-state index contributed by atoms with van der Waals surface area (Å²) in [6.07, 6.45) is 9.57. The van der Waals surface area contributed by atoms with Gasteiger partial charge in [-0.2, -0.15) is 0 Å². The van der Waals surface area contributed by atoms with E-state index in [9.17, 15) is 9.18 Å². The minimum absolute atomic E-state index is 0.0154. The number of halogens is 1. The molecule has 6 rings (SSSR count). The smallest absolute Gasteiger partial charge is 0.411 e. The fraction of sp³-hybridized carbons (Fsp3) is 0.138. The van der Waals surface area contributed by atoms with E-state index in [0.717, 1.165) is 11.1 Å². The molecule has 2 aliphatic heterocycles. The van der Waals surface area contributed by atoms with E-state index in [0.29, 0.717) is 0 Å². The van der Waals surface area contributed by atoms with Gasteiger partial charge in [-0.15, -0.1) is 0 Å². The van der Waals surface area contributed by atoms with Crippen molar-refractivity contribution >= 4 is 11.7 Å². The Labute approximate surface area is 192 Å². The van der Waals surface area contributed by atoms with E-state index >= 15 is 0 Å². The Morgan fingerprint density at radius 2 is 1.48 bits per heavy atom. The number of ether oxygens (including phenoxy) is 1. The first kappa shape index (κ1) is 19.7. The Morgan fingerprint density at radius 1 is 0.848 bits per heavy atom. The molecule has 4 heteroatoms. The lowest BCUT2D eigenvalue weighted by Crippen LogP contribution is -2.41. The summed E-state index contributed by atoms with van der Waals surface area (Å²) in [6, 6.07) is 22.6. The van der Waals surface area contributed by atoms with E-state index in [-0.39, 0.29) is 36.5 Å². The Morgan fingerprint density at radius 3 is 2.18 bits per heavy atom. The molecule has 1 amide bonds. The number of fused-ring (bicyclic) bond motifs is 5. The molecule has 2 unspecified atom stereocenters. The maximum atomic E-state index is 13.4. The van der Waals surface area contributed by atoms with Crippen molar-refractivity contribution in [3.05, 3.63) is 126 Å². The first-order valence-corrected chi connectivity index (χ1v) is 11.2. The van der Waals surface area contributed by atoms with E-state index in [4.69, 9.17) is 4.74 Å². The van der Waals surface area contributed by atoms with Crippen LogP contribution < -0.4 is 0 Å². The van der Waals surface area contributed by atoms with Gasteiger partial charge in [0.15, 0.2) is 0 Å². The number of carbonyl (C=O) groups is 1. The van der Waals surface area contributed by atoms with Gasteiger partial charge in [-0.25, -0.2) is 9.18 Å². The molecule has 0 aromatic heterocycles. The summed E-state index contributed by atoms with van der Waals surface area (Å²) in [4.78, 5) is 15.1. The highest BCUT2D eigenvalue weighted by Crippen LogP contribution is 2.45. The molecule has 0 radical (unpaired) electrons. The van der Waals surface area contributed by atoms with Gasteiger partial charge in [-0.3, -0.25) is 4.90 Å². The molecule has 162 valence electrons. The summed E-state index contributed by atoms with van der Waals surface area (Å²) >= 11 is 0. The number of rotatable bonds is 3. The monoisotopic (exact) mass is 435 g/mol. The van der Waals surface area contributed by atoms with Crippen LogP contribution in [0.4, 0.5) is 9.18 Å². The van der Waals surface area contributed by atoms with Crippen molar-refractivity contribution < 1.29 is 13.9 Å². The normalized spacial score (nSPS) is 20.3. The second-order valence-corrected chi connectivity index (χ2v) is 8.55. The molecule has 2 bridgehead atoms. The summed E-state index contributed by atoms with van der Waals surface area (Å²) in [5.74, 6) is -0.261. The van der Waals surface area contributed by atoms with Crippen LogP contribution in [0.25, 0.3) is 16.7 Å². The Balaban J connectivity index is 1.25. The van der Waals surface area contributed by atoms with Crippen LogP contribution in [0.5, 0.6) is 0 Å². The molecule has 2 heterocycles. The summed E-state index contributed by atoms with van der Waals surface area (Å²) < 4.78 is 19.4. The first-order valence-electron chi connectivity index (χ1n) is 11.2. The Kier molecular flexibility index (Phi) is 4.72. The third-order valence-corrected chi connectivity index (χ3v) is 6.73. The van der Waals surface area contributed by atoms with Crippen molar-refractivity contribution in [2.24, 2.45) is 0 Å². The van der Waals surface area contributed by atoms with Crippen molar-refractivity contribution in [1.82, 2.24) is 4.90 Å². The number of amides is 1. The average molecular weight is 435 g/mol. The lowest BCUT2D eigenvalue weighted by Gasteiger charge is -2.28. The van der Waals surface area contributed by atoms with Crippen LogP contribution in [0.2, 0.25) is 0 Å². The Bertz CT molecular complexity index is 1280. The summed E-state index contributed by atoms with van der Waals surface area (Å²) in [7, 11) is 0. The molecule has 3 aliphatic rings. The van der Waals surface area contributed by atoms with Gasteiger partial charge in [0, 0.05) is 5.92 Å². The third-order valence-electron chi connectivity index (χ3n) is 6.73. The zero-order valence-corrected chi connectivity index (χ0v) is 17.9. The van der Waals surface area contributed by atoms with Crippen molar-refractivity contribution in [1.29, 1.82) is 0 Å². The molecule has 0 saturated heterocycles. The van der Waals surface area contributed by atoms with Crippen LogP contribution in [-0.2, 0) is 4.74 Å². The highest BCUT2D eigenvalue weighted by atomic mass is 19.1. The van der Waals surface area contributed by atoms with Crippen LogP contribution in [0.15, 0.2) is 103 Å². The molecule has 3 aromatic carbocycles. The van der Waals surface area contributed by atoms with Gasteiger partial charge in [0.2, 0.25) is 0 Å². The lowest BCUT2D eigenvalue weighted by atomic mass is 9.98. The highest BCUT2D eigenvalue weighted by molar-refractivity contribution is 5.83. The maximum absolute atomic E-state index is 13.4. The van der Waals surface area contributed by atoms with Crippen LogP contribution in [0, 0.1) is 5.82 Å². The standard InChI is InChI=1S/C29H22FNO2/c30-20-15-13-19(14-16-20)26-17-21-7-1-6-12-28(26)31(21)29(32)33-18-27-24-10-4-2-8-22(24)23-9-3-5-11-25(23)27/h1-17,21,27-28H,18H2. The van der Waals surface area contributed by atoms with Gasteiger partial charge in [-0.05, 0) is 45.5 Å². The summed E-state index contributed by atoms with van der Waals surface area (Å²) in [5.41, 5.74) is 6.67. The molecular formula is C29H22FNO2. The predicted molar refractivity (Wildman–Crippen MR) is 127 cm³/mol. The largest absolute Gasteiger partial charge is 0.448 e. The lowest BCUT2D eigenvalue weighted by molar-refractivity contribution is 0.0972. The van der Waals surface area contributed by atoms with Gasteiger partial charge in [0.25, 0.3) is 0 Å². The Hall–Kier alpha value is -3.92. The number of hydrogen-bond donors (Lipinski definition) is 0. The average Bonchev–Trinajstić information content (AvgIpc) is 3.27. The topological polar surface area (TPSA) is 29.5 Å². The van der Waals surface area contributed by atoms with Gasteiger partial charge in [0.05, 0.1) is 12.1 Å². The van der Waals surface area contributed by atoms with Gasteiger partial charge < -0.3 is 4.74 Å². The second kappa shape index (κ2) is 7.89. The molecule has 2 atom stereocenters. The molecular weight excluding hydrogens is 413 g/mol. The van der Waals surface area contributed by atoms with Crippen molar-refractivity contribution in [3.8, 4) is 11.1 Å². The highest BCUT2D eigenvalue weighted by Gasteiger charge is 2.38. The minimum Gasteiger partial charge on any atom is -0.448 e. The van der Waals surface area contributed by atoms with E-state index in [1.807, 2.05) is 48.6 Å². The molecule has 0 saturated carbocycles. The maximum Gasteiger partial charge on any atom is 0.411 e. The number of benzene rings is 3. The minimum atomic E-state index is -0.351. The van der Waals surface area contributed by atoms with E-state index < -0.39 is 0 Å². The molecule has 0 N–H and O–H groups in total. The quantitative estimate of drug-likeness (QED) is 0.481. The number of nitrogens with zero attached hydrogens (tertiary/aromatic N) is 1. The van der Waals surface area contributed by atoms with Crippen molar-refractivity contribution in [2.45, 2.75) is 18.0 Å². The summed E-state index contributed by atoms with van der Waals surface area (Å²) in [6.45, 7) is 0.280. The van der Waals surface area contributed by atoms with Crippen molar-refractivity contribution in [2.75, 3.05) is 6.61 Å². The van der Waals surface area contributed by atoms with Crippen molar-refractivity contribution in [3.63, 3.8) is 0 Å². The molecule has 1 aliphatic carbocycles. The van der Waals surface area contributed by atoms with Crippen LogP contribution in [0.3, 0.4) is 0 Å². The third kappa shape index (κ3) is 3.30.